The maximum absolute atomic E-state index is 11.8. The maximum atomic E-state index is 11.8. The van der Waals surface area contributed by atoms with Crippen molar-refractivity contribution in [3.63, 3.8) is 0 Å². The molecule has 0 atom stereocenters. The van der Waals surface area contributed by atoms with Crippen LogP contribution in [0.1, 0.15) is 110 Å². The summed E-state index contributed by atoms with van der Waals surface area (Å²) in [6.45, 7) is 2.27. The Hall–Kier alpha value is -1.25. The van der Waals surface area contributed by atoms with Gasteiger partial charge in [0.25, 0.3) is 0 Å². The van der Waals surface area contributed by atoms with Crippen LogP contribution in [0.15, 0.2) is 23.0 Å². The number of methoxy groups -OCH3 is 1. The monoisotopic (exact) mass is 364 g/mol. The molecule has 0 heterocycles. The molecule has 0 radical (unpaired) electrons. The second-order valence-corrected chi connectivity index (χ2v) is 7.57. The Kier molecular flexibility index (Phi) is 13.0. The van der Waals surface area contributed by atoms with E-state index >= 15 is 0 Å². The Morgan fingerprint density at radius 1 is 0.923 bits per heavy atom. The number of aliphatic hydroxyl groups excluding tert-OH is 1. The Morgan fingerprint density at radius 2 is 1.42 bits per heavy atom. The highest BCUT2D eigenvalue weighted by Crippen LogP contribution is 2.28. The quantitative estimate of drug-likeness (QED) is 0.247. The van der Waals surface area contributed by atoms with Crippen LogP contribution in [0.2, 0.25) is 0 Å². The van der Waals surface area contributed by atoms with Crippen LogP contribution in [0.4, 0.5) is 0 Å². The molecule has 0 saturated carbocycles. The molecule has 1 aliphatic rings. The number of esters is 1. The van der Waals surface area contributed by atoms with Gasteiger partial charge >= 0.3 is 5.97 Å². The minimum Gasteiger partial charge on any atom is -0.511 e. The fourth-order valence-electron chi connectivity index (χ4n) is 3.71. The zero-order valence-electron chi connectivity index (χ0n) is 17.2. The van der Waals surface area contributed by atoms with Crippen LogP contribution in [0, 0.1) is 0 Å². The lowest BCUT2D eigenvalue weighted by Gasteiger charge is -2.17. The van der Waals surface area contributed by atoms with E-state index in [9.17, 15) is 9.90 Å². The zero-order chi connectivity index (χ0) is 19.0. The Balaban J connectivity index is 2.02. The van der Waals surface area contributed by atoms with Gasteiger partial charge in [0.15, 0.2) is 0 Å². The van der Waals surface area contributed by atoms with Crippen LogP contribution in [0.3, 0.4) is 0 Å². The number of unbranched alkanes of at least 4 members (excludes halogenated alkanes) is 12. The number of rotatable bonds is 15. The van der Waals surface area contributed by atoms with Gasteiger partial charge in [-0.25, -0.2) is 4.79 Å². The molecule has 1 rings (SSSR count). The molecule has 0 aromatic rings. The fraction of sp³-hybridized carbons (Fsp3) is 0.783. The van der Waals surface area contributed by atoms with Gasteiger partial charge in [0, 0.05) is 6.42 Å². The molecule has 0 fully saturated rings. The molecule has 0 aliphatic heterocycles. The molecule has 26 heavy (non-hydrogen) atoms. The summed E-state index contributed by atoms with van der Waals surface area (Å²) in [6.07, 6.45) is 21.7. The van der Waals surface area contributed by atoms with Crippen molar-refractivity contribution in [1.82, 2.24) is 0 Å². The van der Waals surface area contributed by atoms with Crippen molar-refractivity contribution in [2.24, 2.45) is 0 Å². The third kappa shape index (κ3) is 9.45. The Labute approximate surface area is 160 Å². The lowest BCUT2D eigenvalue weighted by Crippen LogP contribution is -2.13. The molecule has 3 heteroatoms. The molecular weight excluding hydrogens is 324 g/mol. The molecule has 1 N–H and O–H groups in total. The lowest BCUT2D eigenvalue weighted by molar-refractivity contribution is -0.136. The van der Waals surface area contributed by atoms with Gasteiger partial charge in [-0.05, 0) is 24.8 Å². The van der Waals surface area contributed by atoms with E-state index in [1.807, 2.05) is 0 Å². The van der Waals surface area contributed by atoms with Gasteiger partial charge in [-0.15, -0.1) is 0 Å². The summed E-state index contributed by atoms with van der Waals surface area (Å²) in [5.74, 6) is -0.202. The summed E-state index contributed by atoms with van der Waals surface area (Å²) in [6, 6.07) is 0. The SMILES string of the molecule is CCCCCCCCCCCCCCCC1=CCCC(O)=C1C(=O)OC. The van der Waals surface area contributed by atoms with E-state index in [0.717, 1.165) is 24.8 Å². The standard InChI is InChI=1S/C23H40O3/c1-3-4-5-6-7-8-9-10-11-12-13-14-15-17-20-18-16-19-21(24)22(20)23(25)26-2/h18,24H,3-17,19H2,1-2H3. The van der Waals surface area contributed by atoms with Crippen LogP contribution in [-0.4, -0.2) is 18.2 Å². The van der Waals surface area contributed by atoms with Gasteiger partial charge in [-0.3, -0.25) is 0 Å². The van der Waals surface area contributed by atoms with Gasteiger partial charge in [-0.1, -0.05) is 90.0 Å². The predicted octanol–water partition coefficient (Wildman–Crippen LogP) is 7.17. The topological polar surface area (TPSA) is 46.5 Å². The average molecular weight is 365 g/mol. The van der Waals surface area contributed by atoms with Crippen LogP contribution in [0.25, 0.3) is 0 Å². The molecule has 0 spiro atoms. The highest BCUT2D eigenvalue weighted by atomic mass is 16.5. The average Bonchev–Trinajstić information content (AvgIpc) is 2.65. The molecular formula is C23H40O3. The summed E-state index contributed by atoms with van der Waals surface area (Å²) in [7, 11) is 1.38. The third-order valence-corrected chi connectivity index (χ3v) is 5.32. The molecule has 1 aliphatic carbocycles. The molecule has 0 aromatic heterocycles. The van der Waals surface area contributed by atoms with Gasteiger partial charge in [0.2, 0.25) is 0 Å². The Morgan fingerprint density at radius 3 is 1.92 bits per heavy atom. The largest absolute Gasteiger partial charge is 0.511 e. The van der Waals surface area contributed by atoms with E-state index in [2.05, 4.69) is 13.0 Å². The number of ether oxygens (including phenoxy) is 1. The van der Waals surface area contributed by atoms with E-state index in [4.69, 9.17) is 4.74 Å². The van der Waals surface area contributed by atoms with E-state index in [-0.39, 0.29) is 5.76 Å². The number of allylic oxidation sites excluding steroid dienone is 2. The summed E-state index contributed by atoms with van der Waals surface area (Å²) in [5, 5.41) is 9.98. The van der Waals surface area contributed by atoms with Crippen LogP contribution in [0.5, 0.6) is 0 Å². The summed E-state index contributed by atoms with van der Waals surface area (Å²) >= 11 is 0. The first-order valence-corrected chi connectivity index (χ1v) is 10.9. The summed E-state index contributed by atoms with van der Waals surface area (Å²) < 4.78 is 4.81. The second-order valence-electron chi connectivity index (χ2n) is 7.57. The van der Waals surface area contributed by atoms with Crippen molar-refractivity contribution in [3.05, 3.63) is 23.0 Å². The minimum atomic E-state index is -0.400. The third-order valence-electron chi connectivity index (χ3n) is 5.32. The smallest absolute Gasteiger partial charge is 0.341 e. The fourth-order valence-corrected chi connectivity index (χ4v) is 3.71. The molecule has 0 amide bonds. The molecule has 0 saturated heterocycles. The van der Waals surface area contributed by atoms with Crippen molar-refractivity contribution in [1.29, 1.82) is 0 Å². The van der Waals surface area contributed by atoms with Crippen molar-refractivity contribution in [2.75, 3.05) is 7.11 Å². The van der Waals surface area contributed by atoms with Crippen molar-refractivity contribution in [2.45, 2.75) is 110 Å². The maximum Gasteiger partial charge on any atom is 0.341 e. The van der Waals surface area contributed by atoms with E-state index in [1.54, 1.807) is 0 Å². The van der Waals surface area contributed by atoms with Crippen LogP contribution < -0.4 is 0 Å². The van der Waals surface area contributed by atoms with Crippen molar-refractivity contribution in [3.8, 4) is 0 Å². The number of carbonyl (C=O) groups excluding carboxylic acids is 1. The molecule has 150 valence electrons. The zero-order valence-corrected chi connectivity index (χ0v) is 17.2. The first kappa shape index (κ1) is 22.8. The lowest BCUT2D eigenvalue weighted by atomic mass is 9.92. The van der Waals surface area contributed by atoms with Crippen molar-refractivity contribution >= 4 is 5.97 Å². The normalized spacial score (nSPS) is 14.5. The van der Waals surface area contributed by atoms with E-state index in [0.29, 0.717) is 12.0 Å². The molecule has 3 nitrogen and oxygen atoms in total. The molecule has 0 bridgehead atoms. The van der Waals surface area contributed by atoms with Crippen LogP contribution in [-0.2, 0) is 9.53 Å². The van der Waals surface area contributed by atoms with Crippen molar-refractivity contribution < 1.29 is 14.6 Å². The summed E-state index contributed by atoms with van der Waals surface area (Å²) in [5.41, 5.74) is 1.39. The first-order chi connectivity index (χ1) is 12.7. The number of hydrogen-bond acceptors (Lipinski definition) is 3. The number of carbonyl (C=O) groups is 1. The van der Waals surface area contributed by atoms with Gasteiger partial charge in [-0.2, -0.15) is 0 Å². The number of aliphatic hydroxyl groups is 1. The minimum absolute atomic E-state index is 0.198. The van der Waals surface area contributed by atoms with E-state index in [1.165, 1.54) is 84.2 Å². The van der Waals surface area contributed by atoms with Crippen LogP contribution >= 0.6 is 0 Å². The number of hydrogen-bond donors (Lipinski definition) is 1. The van der Waals surface area contributed by atoms with E-state index < -0.39 is 5.97 Å². The highest BCUT2D eigenvalue weighted by Gasteiger charge is 2.22. The van der Waals surface area contributed by atoms with Gasteiger partial charge < -0.3 is 9.84 Å². The van der Waals surface area contributed by atoms with Gasteiger partial charge in [0.1, 0.15) is 5.76 Å². The second kappa shape index (κ2) is 14.9. The predicted molar refractivity (Wildman–Crippen MR) is 109 cm³/mol. The van der Waals surface area contributed by atoms with Gasteiger partial charge in [0.05, 0.1) is 12.7 Å². The first-order valence-electron chi connectivity index (χ1n) is 10.9. The molecule has 0 aromatic carbocycles. The molecule has 0 unspecified atom stereocenters. The Bertz CT molecular complexity index is 448. The summed E-state index contributed by atoms with van der Waals surface area (Å²) in [4.78, 5) is 11.8. The highest BCUT2D eigenvalue weighted by molar-refractivity contribution is 5.94.